The number of alkyl halides is 6. The highest BCUT2D eigenvalue weighted by Crippen LogP contribution is 2.43. The van der Waals surface area contributed by atoms with Crippen molar-refractivity contribution in [2.45, 2.75) is 12.4 Å². The molecule has 0 bridgehead atoms. The van der Waals surface area contributed by atoms with Gasteiger partial charge in [0, 0.05) is 5.02 Å². The minimum atomic E-state index is -5.10. The summed E-state index contributed by atoms with van der Waals surface area (Å²) in [5, 5.41) is 11.6. The molecule has 2 aromatic carbocycles. The number of hydrogen-bond donors (Lipinski definition) is 2. The number of halogens is 8. The molecule has 0 heterocycles. The molecule has 0 aliphatic rings. The van der Waals surface area contributed by atoms with Crippen molar-refractivity contribution < 1.29 is 36.2 Å². The van der Waals surface area contributed by atoms with Crippen molar-refractivity contribution in [3.63, 3.8) is 0 Å². The van der Waals surface area contributed by atoms with Gasteiger partial charge in [0.1, 0.15) is 5.75 Å². The number of aromatic hydroxyl groups is 1. The zero-order chi connectivity index (χ0) is 19.9. The Kier molecular flexibility index (Phi) is 5.48. The van der Waals surface area contributed by atoms with Crippen LogP contribution in [0.25, 0.3) is 0 Å². The van der Waals surface area contributed by atoms with Crippen LogP contribution < -0.4 is 5.32 Å². The van der Waals surface area contributed by atoms with E-state index in [1.807, 2.05) is 5.32 Å². The van der Waals surface area contributed by atoms with Crippen LogP contribution in [0.2, 0.25) is 5.02 Å². The average molecular weight is 463 g/mol. The Balaban J connectivity index is 2.55. The van der Waals surface area contributed by atoms with E-state index in [9.17, 15) is 36.2 Å². The Labute approximate surface area is 155 Å². The summed E-state index contributed by atoms with van der Waals surface area (Å²) in [7, 11) is 0. The third kappa shape index (κ3) is 4.42. The Morgan fingerprint density at radius 3 is 2.19 bits per heavy atom. The zero-order valence-electron chi connectivity index (χ0n) is 12.3. The fourth-order valence-electron chi connectivity index (χ4n) is 1.97. The van der Waals surface area contributed by atoms with Crippen LogP contribution in [-0.2, 0) is 12.4 Å². The summed E-state index contributed by atoms with van der Waals surface area (Å²) in [6.07, 6.45) is -10.2. The SMILES string of the molecule is O=C(Nc1cc(C(F)(F)F)cc(C(F)(F)F)c1Br)c1cc(Cl)ccc1O. The molecule has 0 fully saturated rings. The van der Waals surface area contributed by atoms with E-state index in [4.69, 9.17) is 11.6 Å². The van der Waals surface area contributed by atoms with Crippen molar-refractivity contribution in [3.05, 3.63) is 56.5 Å². The lowest BCUT2D eigenvalue weighted by Gasteiger charge is -2.17. The van der Waals surface area contributed by atoms with Gasteiger partial charge in [-0.05, 0) is 46.3 Å². The van der Waals surface area contributed by atoms with E-state index < -0.39 is 50.9 Å². The second kappa shape index (κ2) is 6.99. The maximum absolute atomic E-state index is 13.0. The number of anilines is 1. The molecular weight excluding hydrogens is 456 g/mol. The second-order valence-electron chi connectivity index (χ2n) is 5.00. The fraction of sp³-hybridized carbons (Fsp3) is 0.133. The van der Waals surface area contributed by atoms with E-state index in [1.54, 1.807) is 0 Å². The molecule has 26 heavy (non-hydrogen) atoms. The zero-order valence-corrected chi connectivity index (χ0v) is 14.6. The Hall–Kier alpha value is -1.94. The predicted octanol–water partition coefficient (Wildman–Crippen LogP) is 6.10. The minimum Gasteiger partial charge on any atom is -0.507 e. The summed E-state index contributed by atoms with van der Waals surface area (Å²) in [5.74, 6) is -1.69. The number of rotatable bonds is 2. The molecule has 0 unspecified atom stereocenters. The standard InChI is InChI=1S/C15H7BrClF6NO2/c16-12-9(15(21,22)23)3-6(14(18,19)20)4-10(12)24-13(26)8-5-7(17)1-2-11(8)25/h1-5,25H,(H,24,26). The number of benzene rings is 2. The number of amides is 1. The number of carbonyl (C=O) groups is 1. The maximum Gasteiger partial charge on any atom is 0.417 e. The van der Waals surface area contributed by atoms with Crippen LogP contribution in [0.5, 0.6) is 5.75 Å². The molecule has 11 heteroatoms. The molecule has 2 aromatic rings. The monoisotopic (exact) mass is 461 g/mol. The van der Waals surface area contributed by atoms with Crippen molar-refractivity contribution in [3.8, 4) is 5.75 Å². The largest absolute Gasteiger partial charge is 0.507 e. The highest BCUT2D eigenvalue weighted by atomic mass is 79.9. The summed E-state index contributed by atoms with van der Waals surface area (Å²) >= 11 is 8.23. The topological polar surface area (TPSA) is 49.3 Å². The summed E-state index contributed by atoms with van der Waals surface area (Å²) in [6.45, 7) is 0. The number of phenolic OH excluding ortho intramolecular Hbond substituents is 1. The molecule has 2 N–H and O–H groups in total. The van der Waals surface area contributed by atoms with Crippen molar-refractivity contribution in [1.82, 2.24) is 0 Å². The lowest BCUT2D eigenvalue weighted by Crippen LogP contribution is -2.17. The van der Waals surface area contributed by atoms with Crippen LogP contribution in [0.1, 0.15) is 21.5 Å². The summed E-state index contributed by atoms with van der Waals surface area (Å²) in [4.78, 5) is 12.1. The van der Waals surface area contributed by atoms with Crippen LogP contribution in [0.4, 0.5) is 32.0 Å². The number of hydrogen-bond acceptors (Lipinski definition) is 2. The summed E-state index contributed by atoms with van der Waals surface area (Å²) in [5.41, 5.74) is -4.40. The van der Waals surface area contributed by atoms with Crippen LogP contribution in [0.3, 0.4) is 0 Å². The van der Waals surface area contributed by atoms with Crippen LogP contribution in [0, 0.1) is 0 Å². The van der Waals surface area contributed by atoms with E-state index in [-0.39, 0.29) is 11.1 Å². The highest BCUT2D eigenvalue weighted by molar-refractivity contribution is 9.10. The molecule has 0 saturated carbocycles. The molecule has 0 aliphatic heterocycles. The molecule has 2 rings (SSSR count). The Bertz CT molecular complexity index is 866. The van der Waals surface area contributed by atoms with E-state index in [1.165, 1.54) is 6.07 Å². The number of nitrogens with one attached hydrogen (secondary N) is 1. The van der Waals surface area contributed by atoms with Gasteiger partial charge in [-0.2, -0.15) is 26.3 Å². The third-order valence-electron chi connectivity index (χ3n) is 3.16. The minimum absolute atomic E-state index is 0.0343. The number of phenols is 1. The van der Waals surface area contributed by atoms with Crippen molar-refractivity contribution >= 4 is 39.1 Å². The molecule has 3 nitrogen and oxygen atoms in total. The van der Waals surface area contributed by atoms with E-state index >= 15 is 0 Å². The van der Waals surface area contributed by atoms with Gasteiger partial charge in [0.2, 0.25) is 0 Å². The first kappa shape index (κ1) is 20.4. The van der Waals surface area contributed by atoms with Gasteiger partial charge >= 0.3 is 12.4 Å². The van der Waals surface area contributed by atoms with Crippen LogP contribution in [-0.4, -0.2) is 11.0 Å². The fourth-order valence-corrected chi connectivity index (χ4v) is 2.69. The first-order valence-electron chi connectivity index (χ1n) is 6.58. The molecule has 0 atom stereocenters. The van der Waals surface area contributed by atoms with Crippen LogP contribution >= 0.6 is 27.5 Å². The number of carbonyl (C=O) groups excluding carboxylic acids is 1. The Morgan fingerprint density at radius 1 is 1.04 bits per heavy atom. The van der Waals surface area contributed by atoms with Crippen molar-refractivity contribution in [2.24, 2.45) is 0 Å². The predicted molar refractivity (Wildman–Crippen MR) is 85.2 cm³/mol. The van der Waals surface area contributed by atoms with Gasteiger partial charge in [0.25, 0.3) is 5.91 Å². The van der Waals surface area contributed by atoms with Gasteiger partial charge in [0.05, 0.1) is 26.9 Å². The van der Waals surface area contributed by atoms with Gasteiger partial charge in [-0.3, -0.25) is 4.79 Å². The van der Waals surface area contributed by atoms with Gasteiger partial charge in [-0.1, -0.05) is 11.6 Å². The van der Waals surface area contributed by atoms with Crippen LogP contribution in [0.15, 0.2) is 34.8 Å². The second-order valence-corrected chi connectivity index (χ2v) is 6.23. The normalized spacial score (nSPS) is 12.2. The van der Waals surface area contributed by atoms with Gasteiger partial charge in [0.15, 0.2) is 0 Å². The molecule has 0 aromatic heterocycles. The first-order chi connectivity index (χ1) is 11.8. The van der Waals surface area contributed by atoms with Gasteiger partial charge in [-0.25, -0.2) is 0 Å². The lowest BCUT2D eigenvalue weighted by atomic mass is 10.1. The van der Waals surface area contributed by atoms with Crippen molar-refractivity contribution in [2.75, 3.05) is 5.32 Å². The summed E-state index contributed by atoms with van der Waals surface area (Å²) in [6, 6.07) is 3.59. The van der Waals surface area contributed by atoms with Gasteiger partial charge < -0.3 is 10.4 Å². The third-order valence-corrected chi connectivity index (χ3v) is 4.25. The van der Waals surface area contributed by atoms with E-state index in [0.29, 0.717) is 6.07 Å². The van der Waals surface area contributed by atoms with E-state index in [0.717, 1.165) is 12.1 Å². The summed E-state index contributed by atoms with van der Waals surface area (Å²) < 4.78 is 76.9. The molecule has 0 spiro atoms. The maximum atomic E-state index is 13.0. The Morgan fingerprint density at radius 2 is 1.65 bits per heavy atom. The lowest BCUT2D eigenvalue weighted by molar-refractivity contribution is -0.143. The molecule has 1 amide bonds. The first-order valence-corrected chi connectivity index (χ1v) is 7.75. The van der Waals surface area contributed by atoms with Crippen molar-refractivity contribution in [1.29, 1.82) is 0 Å². The molecule has 0 aliphatic carbocycles. The molecular formula is C15H7BrClF6NO2. The highest BCUT2D eigenvalue weighted by Gasteiger charge is 2.39. The van der Waals surface area contributed by atoms with Gasteiger partial charge in [-0.15, -0.1) is 0 Å². The quantitative estimate of drug-likeness (QED) is 0.530. The van der Waals surface area contributed by atoms with E-state index in [2.05, 4.69) is 15.9 Å². The molecule has 140 valence electrons. The smallest absolute Gasteiger partial charge is 0.417 e. The average Bonchev–Trinajstić information content (AvgIpc) is 2.49. The molecule has 0 radical (unpaired) electrons. The molecule has 0 saturated heterocycles.